The van der Waals surface area contributed by atoms with Gasteiger partial charge in [0.1, 0.15) is 0 Å². The highest BCUT2D eigenvalue weighted by atomic mass is 15.2. The molecule has 1 aromatic rings. The molecule has 2 rings (SSSR count). The molecule has 1 N–H and O–H groups in total. The Bertz CT molecular complexity index is 384. The van der Waals surface area contributed by atoms with Crippen molar-refractivity contribution in [2.75, 3.05) is 26.2 Å². The fourth-order valence-corrected chi connectivity index (χ4v) is 3.13. The molecule has 1 aliphatic carbocycles. The molecular formula is C19H32N2. The van der Waals surface area contributed by atoms with Crippen molar-refractivity contribution >= 4 is 0 Å². The molecular weight excluding hydrogens is 256 g/mol. The largest absolute Gasteiger partial charge is 0.315 e. The summed E-state index contributed by atoms with van der Waals surface area (Å²) in [5, 5.41) is 3.67. The van der Waals surface area contributed by atoms with Crippen LogP contribution in [0.4, 0.5) is 0 Å². The Labute approximate surface area is 130 Å². The van der Waals surface area contributed by atoms with Gasteiger partial charge in [-0.2, -0.15) is 0 Å². The third-order valence-electron chi connectivity index (χ3n) is 4.64. The van der Waals surface area contributed by atoms with Gasteiger partial charge >= 0.3 is 0 Å². The van der Waals surface area contributed by atoms with Crippen LogP contribution in [-0.2, 0) is 0 Å². The molecule has 2 nitrogen and oxygen atoms in total. The molecule has 0 heterocycles. The van der Waals surface area contributed by atoms with E-state index >= 15 is 0 Å². The van der Waals surface area contributed by atoms with Crippen LogP contribution >= 0.6 is 0 Å². The van der Waals surface area contributed by atoms with Crippen molar-refractivity contribution in [1.82, 2.24) is 10.2 Å². The van der Waals surface area contributed by atoms with Crippen molar-refractivity contribution in [2.24, 2.45) is 11.8 Å². The molecule has 1 saturated carbocycles. The molecule has 1 aromatic carbocycles. The van der Waals surface area contributed by atoms with Crippen molar-refractivity contribution in [2.45, 2.75) is 46.1 Å². The predicted octanol–water partition coefficient (Wildman–Crippen LogP) is 4.10. The zero-order chi connectivity index (χ0) is 15.1. The van der Waals surface area contributed by atoms with Crippen LogP contribution in [0, 0.1) is 11.8 Å². The minimum absolute atomic E-state index is 0.510. The average Bonchev–Trinajstić information content (AvgIpc) is 2.44. The van der Waals surface area contributed by atoms with Gasteiger partial charge in [0.15, 0.2) is 0 Å². The smallest absolute Gasteiger partial charge is 0.0472 e. The van der Waals surface area contributed by atoms with Gasteiger partial charge in [-0.15, -0.1) is 0 Å². The van der Waals surface area contributed by atoms with E-state index in [1.807, 2.05) is 0 Å². The van der Waals surface area contributed by atoms with Gasteiger partial charge in [-0.1, -0.05) is 57.5 Å². The predicted molar refractivity (Wildman–Crippen MR) is 91.5 cm³/mol. The molecule has 2 heteroatoms. The van der Waals surface area contributed by atoms with Crippen LogP contribution in [0.3, 0.4) is 0 Å². The van der Waals surface area contributed by atoms with Crippen molar-refractivity contribution in [1.29, 1.82) is 0 Å². The lowest BCUT2D eigenvalue weighted by Crippen LogP contribution is -2.40. The average molecular weight is 288 g/mol. The number of nitrogens with one attached hydrogen (secondary N) is 1. The highest BCUT2D eigenvalue weighted by molar-refractivity contribution is 5.19. The second-order valence-corrected chi connectivity index (χ2v) is 6.86. The lowest BCUT2D eigenvalue weighted by molar-refractivity contribution is 0.136. The molecule has 0 radical (unpaired) electrons. The van der Waals surface area contributed by atoms with E-state index in [1.165, 1.54) is 31.4 Å². The first-order valence-electron chi connectivity index (χ1n) is 8.70. The Morgan fingerprint density at radius 2 is 1.86 bits per heavy atom. The lowest BCUT2D eigenvalue weighted by Gasteiger charge is -2.37. The summed E-state index contributed by atoms with van der Waals surface area (Å²) in [6, 6.07) is 11.5. The Morgan fingerprint density at radius 1 is 1.14 bits per heavy atom. The van der Waals surface area contributed by atoms with E-state index < -0.39 is 0 Å². The summed E-state index contributed by atoms with van der Waals surface area (Å²) in [6.45, 7) is 11.4. The number of hydrogen-bond donors (Lipinski definition) is 1. The second kappa shape index (κ2) is 8.55. The van der Waals surface area contributed by atoms with Gasteiger partial charge in [-0.25, -0.2) is 0 Å². The monoisotopic (exact) mass is 288 g/mol. The summed E-state index contributed by atoms with van der Waals surface area (Å²) in [6.07, 6.45) is 4.29. The number of benzene rings is 1. The minimum Gasteiger partial charge on any atom is -0.315 e. The summed E-state index contributed by atoms with van der Waals surface area (Å²) >= 11 is 0. The van der Waals surface area contributed by atoms with Gasteiger partial charge in [-0.3, -0.25) is 4.90 Å². The number of nitrogens with zero attached hydrogens (tertiary/aromatic N) is 1. The first-order valence-corrected chi connectivity index (χ1v) is 8.70. The van der Waals surface area contributed by atoms with Crippen molar-refractivity contribution in [3.63, 3.8) is 0 Å². The highest BCUT2D eigenvalue weighted by Gasteiger charge is 2.25. The molecule has 1 aliphatic rings. The van der Waals surface area contributed by atoms with E-state index in [1.54, 1.807) is 0 Å². The molecule has 118 valence electrons. The second-order valence-electron chi connectivity index (χ2n) is 6.86. The third kappa shape index (κ3) is 5.12. The number of rotatable bonds is 9. The molecule has 1 unspecified atom stereocenters. The first-order chi connectivity index (χ1) is 10.2. The molecule has 21 heavy (non-hydrogen) atoms. The molecule has 0 amide bonds. The van der Waals surface area contributed by atoms with Crippen molar-refractivity contribution in [3.8, 4) is 0 Å². The van der Waals surface area contributed by atoms with E-state index in [9.17, 15) is 0 Å². The normalized spacial score (nSPS) is 17.2. The molecule has 1 fully saturated rings. The summed E-state index contributed by atoms with van der Waals surface area (Å²) in [5.41, 5.74) is 1.45. The van der Waals surface area contributed by atoms with Crippen LogP contribution in [0.1, 0.15) is 51.6 Å². The maximum Gasteiger partial charge on any atom is 0.0472 e. The number of hydrogen-bond acceptors (Lipinski definition) is 2. The van der Waals surface area contributed by atoms with Crippen molar-refractivity contribution in [3.05, 3.63) is 35.9 Å². The van der Waals surface area contributed by atoms with Crippen LogP contribution < -0.4 is 5.32 Å². The third-order valence-corrected chi connectivity index (χ3v) is 4.64. The maximum atomic E-state index is 3.67. The van der Waals surface area contributed by atoms with E-state index in [2.05, 4.69) is 61.3 Å². The summed E-state index contributed by atoms with van der Waals surface area (Å²) < 4.78 is 0. The zero-order valence-corrected chi connectivity index (χ0v) is 14.0. The van der Waals surface area contributed by atoms with Gasteiger partial charge in [0.05, 0.1) is 0 Å². The lowest BCUT2D eigenvalue weighted by atomic mass is 9.84. The standard InChI is InChI=1S/C19H32N2/c1-4-21(15-17-9-8-10-17)19(14-20-13-16(2)3)18-11-6-5-7-12-18/h5-7,11-12,16-17,19-20H,4,8-10,13-15H2,1-3H3. The quantitative estimate of drug-likeness (QED) is 0.736. The summed E-state index contributed by atoms with van der Waals surface area (Å²) in [5.74, 6) is 1.64. The molecule has 0 aromatic heterocycles. The fraction of sp³-hybridized carbons (Fsp3) is 0.684. The van der Waals surface area contributed by atoms with Gasteiger partial charge in [0.2, 0.25) is 0 Å². The maximum absolute atomic E-state index is 3.67. The van der Waals surface area contributed by atoms with Crippen molar-refractivity contribution < 1.29 is 0 Å². The molecule has 0 saturated heterocycles. The molecule has 0 bridgehead atoms. The Balaban J connectivity index is 2.01. The molecule has 1 atom stereocenters. The summed E-state index contributed by atoms with van der Waals surface area (Å²) in [7, 11) is 0. The van der Waals surface area contributed by atoms with Gasteiger partial charge in [0.25, 0.3) is 0 Å². The Kier molecular flexibility index (Phi) is 6.72. The van der Waals surface area contributed by atoms with Crippen LogP contribution in [0.2, 0.25) is 0 Å². The Morgan fingerprint density at radius 3 is 2.38 bits per heavy atom. The molecule has 0 spiro atoms. The van der Waals surface area contributed by atoms with Crippen LogP contribution in [0.25, 0.3) is 0 Å². The van der Waals surface area contributed by atoms with Gasteiger partial charge in [0, 0.05) is 19.1 Å². The van der Waals surface area contributed by atoms with E-state index in [-0.39, 0.29) is 0 Å². The zero-order valence-electron chi connectivity index (χ0n) is 14.0. The Hall–Kier alpha value is -0.860. The van der Waals surface area contributed by atoms with E-state index in [0.29, 0.717) is 12.0 Å². The first kappa shape index (κ1) is 16.5. The SMILES string of the molecule is CCN(CC1CCC1)C(CNCC(C)C)c1ccccc1. The van der Waals surface area contributed by atoms with Gasteiger partial charge < -0.3 is 5.32 Å². The van der Waals surface area contributed by atoms with Gasteiger partial charge in [-0.05, 0) is 43.3 Å². The minimum atomic E-state index is 0.510. The fourth-order valence-electron chi connectivity index (χ4n) is 3.13. The van der Waals surface area contributed by atoms with Crippen LogP contribution in [0.15, 0.2) is 30.3 Å². The van der Waals surface area contributed by atoms with Crippen LogP contribution in [0.5, 0.6) is 0 Å². The topological polar surface area (TPSA) is 15.3 Å². The molecule has 0 aliphatic heterocycles. The van der Waals surface area contributed by atoms with Crippen LogP contribution in [-0.4, -0.2) is 31.1 Å². The van der Waals surface area contributed by atoms with E-state index in [0.717, 1.165) is 25.6 Å². The summed E-state index contributed by atoms with van der Waals surface area (Å²) in [4.78, 5) is 2.67. The number of likely N-dealkylation sites (N-methyl/N-ethyl adjacent to an activating group) is 1. The van der Waals surface area contributed by atoms with E-state index in [4.69, 9.17) is 0 Å². The highest BCUT2D eigenvalue weighted by Crippen LogP contribution is 2.30.